The first-order valence-corrected chi connectivity index (χ1v) is 49.5. The molecule has 782 valence electrons. The average Bonchev–Trinajstić information content (AvgIpc) is 1.65. The highest BCUT2D eigenvalue weighted by atomic mass is 19.4. The van der Waals surface area contributed by atoms with E-state index in [9.17, 15) is 81.4 Å². The van der Waals surface area contributed by atoms with Crippen molar-refractivity contribution in [1.82, 2.24) is 60.3 Å². The molecule has 7 aliphatic heterocycles. The lowest BCUT2D eigenvalue weighted by Gasteiger charge is -2.34. The van der Waals surface area contributed by atoms with Crippen LogP contribution in [0, 0.1) is 17.6 Å². The van der Waals surface area contributed by atoms with Crippen molar-refractivity contribution in [3.05, 3.63) is 106 Å². The third kappa shape index (κ3) is 31.0. The van der Waals surface area contributed by atoms with Crippen LogP contribution in [0.5, 0.6) is 0 Å². The summed E-state index contributed by atoms with van der Waals surface area (Å²) in [7, 11) is 0. The largest absolute Gasteiger partial charge is 0.436 e. The zero-order chi connectivity index (χ0) is 103. The first kappa shape index (κ1) is 110. The molecule has 0 radical (unpaired) electrons. The Kier molecular flexibility index (Phi) is 36.8. The summed E-state index contributed by atoms with van der Waals surface area (Å²) in [5.74, 6) is -1.44. The second-order valence-corrected chi connectivity index (χ2v) is 44.6. The molecule has 3 aliphatic carbocycles. The zero-order valence-corrected chi connectivity index (χ0v) is 84.3. The van der Waals surface area contributed by atoms with Gasteiger partial charge in [0.1, 0.15) is 0 Å². The lowest BCUT2D eigenvalue weighted by molar-refractivity contribution is -0.142. The number of amides is 6. The Labute approximate surface area is 819 Å². The summed E-state index contributed by atoms with van der Waals surface area (Å²) in [5, 5.41) is 98.7. The second-order valence-electron chi connectivity index (χ2n) is 44.6. The van der Waals surface area contributed by atoms with Crippen molar-refractivity contribution in [1.29, 1.82) is 0 Å². The molecule has 0 spiro atoms. The molecule has 0 unspecified atom stereocenters. The maximum atomic E-state index is 13.4. The van der Waals surface area contributed by atoms with Crippen molar-refractivity contribution in [2.24, 2.45) is 5.92 Å². The van der Waals surface area contributed by atoms with Crippen molar-refractivity contribution >= 4 is 70.7 Å². The van der Waals surface area contributed by atoms with Gasteiger partial charge < -0.3 is 62.5 Å². The van der Waals surface area contributed by atoms with Gasteiger partial charge in [0.15, 0.2) is 17.3 Å². The van der Waals surface area contributed by atoms with Gasteiger partial charge in [-0.1, -0.05) is 173 Å². The number of hydrogen-bond acceptors (Lipinski definition) is 31. The van der Waals surface area contributed by atoms with Gasteiger partial charge in [-0.15, -0.1) is 0 Å². The summed E-state index contributed by atoms with van der Waals surface area (Å²) in [4.78, 5) is 87.3. The van der Waals surface area contributed by atoms with Crippen LogP contribution in [0.1, 0.15) is 279 Å². The van der Waals surface area contributed by atoms with E-state index in [1.54, 1.807) is 35.2 Å². The van der Waals surface area contributed by atoms with Gasteiger partial charge in [-0.2, -0.15) is 13.2 Å². The highest BCUT2D eigenvalue weighted by Gasteiger charge is 2.48. The molecule has 10 aliphatic rings. The summed E-state index contributed by atoms with van der Waals surface area (Å²) in [6.45, 7) is 39.6. The number of ether oxygens (including phenoxy) is 1. The lowest BCUT2D eigenvalue weighted by atomic mass is 9.92. The van der Waals surface area contributed by atoms with E-state index in [4.69, 9.17) is 27.4 Å². The van der Waals surface area contributed by atoms with Crippen LogP contribution in [-0.4, -0.2) is 282 Å². The molecule has 0 bridgehead atoms. The molecule has 42 heteroatoms. The normalized spacial score (nSPS) is 25.1. The van der Waals surface area contributed by atoms with Crippen LogP contribution in [0.25, 0.3) is 0 Å². The highest BCUT2D eigenvalue weighted by molar-refractivity contribution is 5.97. The fourth-order valence-electron chi connectivity index (χ4n) is 19.2. The smallest absolute Gasteiger partial charge is 0.392 e. The van der Waals surface area contributed by atoms with Gasteiger partial charge >= 0.3 is 6.18 Å². The number of β-amino-alcohol motifs (C(OH)–C–C–N with tert-alkyl or cyclic N) is 6. The van der Waals surface area contributed by atoms with Gasteiger partial charge in [0.05, 0.1) is 101 Å². The van der Waals surface area contributed by atoms with Crippen LogP contribution in [0.4, 0.5) is 57.3 Å². The number of nitrogens with one attached hydrogen (secondary N) is 6. The lowest BCUT2D eigenvalue weighted by Crippen LogP contribution is -2.46. The van der Waals surface area contributed by atoms with Crippen LogP contribution in [0.3, 0.4) is 0 Å². The summed E-state index contributed by atoms with van der Waals surface area (Å²) in [5.41, 5.74) is 2.57. The van der Waals surface area contributed by atoms with Gasteiger partial charge in [0.2, 0.25) is 70.7 Å². The standard InChI is InChI=1S/C19H23F2N3O3.C18H29N3O3.C17H27N3O3.C15H20F3N3O4.C15H23N3O3.C15H25N3O3/c1-19(2,3)16-8-17(27-23-16)22-18(26)15-7-12(25)10-24(15)9-11-4-5-13(20)14(21)6-11;1-18(2,3)15-10-16(24-20-15)19-17(23)14-9-13(22)11-21(14)12-7-5-4-6-8-12;1-17(2,3)14-9-15(23-19-14)18-16(22)13-8-12(21)10-20(13)11-6-4-5-7-11;16-15(17,18)12-6-13(25-20-12)19-14(23)11-5-10(22)8-21(11)7-9-1-3-24-4-2-9;1-15(2,3)12-7-13(21-17-12)16-14(20)11-6-10(19)8-18(11)9-4-5-9;1-9(2)18-8-10(19)6-11(18)14(20)16-13-7-12(17-21-13)15(3,4)5/h4-6,8,12,15,25H,7,9-10H2,1-3H3,(H,22,26);10,12-14,22H,4-9,11H2,1-3H3,(H,19,23);9,11-13,21H,4-8,10H2,1-3H3,(H,18,22);6,9-11,22H,1-5,7-8H2,(H,19,23);7,9-11,19H,4-6,8H2,1-3H3,(H,16,20);7,9-11,19H,6,8H2,1-5H3,(H,16,20)/t12-,15+;13-,14+;12-,13+;3*10-,11+/m111111/s1. The van der Waals surface area contributed by atoms with Gasteiger partial charge in [0.25, 0.3) is 0 Å². The van der Waals surface area contributed by atoms with Crippen LogP contribution in [-0.2, 0) is 73.3 Å². The van der Waals surface area contributed by atoms with E-state index in [2.05, 4.69) is 103 Å². The van der Waals surface area contributed by atoms with Crippen molar-refractivity contribution in [2.75, 3.05) is 90.9 Å². The Hall–Kier alpha value is -9.57. The van der Waals surface area contributed by atoms with E-state index in [0.717, 1.165) is 86.3 Å². The Bertz CT molecular complexity index is 5150. The Morgan fingerprint density at radius 2 is 0.638 bits per heavy atom. The number of aliphatic hydroxyl groups excluding tert-OH is 6. The minimum absolute atomic E-state index is 0.103. The summed E-state index contributed by atoms with van der Waals surface area (Å²) in [6.07, 6.45) is 9.32. The van der Waals surface area contributed by atoms with Crippen molar-refractivity contribution < 1.29 is 113 Å². The van der Waals surface area contributed by atoms with E-state index in [0.29, 0.717) is 143 Å². The van der Waals surface area contributed by atoms with Gasteiger partial charge in [-0.3, -0.25) is 90.1 Å². The minimum atomic E-state index is -4.63. The van der Waals surface area contributed by atoms with E-state index in [1.807, 2.05) is 107 Å². The molecule has 6 aromatic heterocycles. The molecule has 141 heavy (non-hydrogen) atoms. The predicted molar refractivity (Wildman–Crippen MR) is 512 cm³/mol. The number of carbonyl (C=O) groups excluding carboxylic acids is 6. The van der Waals surface area contributed by atoms with Crippen LogP contribution >= 0.6 is 0 Å². The molecule has 37 nitrogen and oxygen atoms in total. The average molecular weight is 1990 g/mol. The maximum absolute atomic E-state index is 13.4. The van der Waals surface area contributed by atoms with Crippen molar-refractivity contribution in [2.45, 2.75) is 377 Å². The van der Waals surface area contributed by atoms with Gasteiger partial charge in [0, 0.05) is 153 Å². The number of nitrogens with zero attached hydrogens (tertiary/aromatic N) is 12. The highest BCUT2D eigenvalue weighted by Crippen LogP contribution is 2.40. The predicted octanol–water partition coefficient (Wildman–Crippen LogP) is 12.5. The number of carbonyl (C=O) groups is 6. The summed E-state index contributed by atoms with van der Waals surface area (Å²) in [6, 6.07) is 12.1. The number of benzene rings is 1. The third-order valence-corrected chi connectivity index (χ3v) is 27.2. The molecule has 12 N–H and O–H groups in total. The monoisotopic (exact) mass is 1990 g/mol. The summed E-state index contributed by atoms with van der Waals surface area (Å²) >= 11 is 0. The van der Waals surface area contributed by atoms with Crippen LogP contribution < -0.4 is 31.9 Å². The first-order valence-electron chi connectivity index (χ1n) is 49.5. The quantitative estimate of drug-likeness (QED) is 0.0315. The third-order valence-electron chi connectivity index (χ3n) is 27.2. The molecule has 1 aromatic carbocycles. The SMILES string of the molecule is CC(C)(C)c1cc(NC(=O)[C@@H]2C[C@@H](O)CN2C2CC2)on1.CC(C)(C)c1cc(NC(=O)[C@@H]2C[C@@H](O)CN2C2CCCC2)on1.CC(C)(C)c1cc(NC(=O)[C@@H]2C[C@@H](O)CN2C2CCCCC2)on1.CC(C)(C)c1cc(NC(=O)[C@@H]2C[C@@H](O)CN2Cc2ccc(F)c(F)c2)on1.CC(C)N1C[C@H](O)C[C@H]1C(=O)Nc1cc(C(C)(C)C)no1.O=C(Nc1cc(C(F)(F)F)no1)[C@@H]1C[C@@H](O)CN1CC1CCOCC1. The molecular formula is C99H147F5N18O19. The van der Waals surface area contributed by atoms with Gasteiger partial charge in [-0.05, 0) is 127 Å². The molecule has 7 aromatic rings. The van der Waals surface area contributed by atoms with E-state index < -0.39 is 78.1 Å². The molecule has 17 rings (SSSR count). The molecule has 6 amide bonds. The van der Waals surface area contributed by atoms with Crippen LogP contribution in [0.2, 0.25) is 0 Å². The summed E-state index contributed by atoms with van der Waals surface area (Å²) < 4.78 is 100. The van der Waals surface area contributed by atoms with Crippen molar-refractivity contribution in [3.63, 3.8) is 0 Å². The second kappa shape index (κ2) is 47.1. The topological polar surface area (TPSA) is 481 Å². The fraction of sp³-hybridized carbons (Fsp3) is 0.697. The first-order chi connectivity index (χ1) is 66.2. The number of anilines is 6. The Morgan fingerprint density at radius 3 is 0.957 bits per heavy atom. The zero-order valence-electron chi connectivity index (χ0n) is 84.3. The number of aliphatic hydroxyl groups is 6. The number of hydrogen-bond donors (Lipinski definition) is 12. The number of aromatic nitrogens is 6. The van der Waals surface area contributed by atoms with Crippen molar-refractivity contribution in [3.8, 4) is 0 Å². The molecule has 10 fully saturated rings. The van der Waals surface area contributed by atoms with E-state index in [1.165, 1.54) is 38.2 Å². The molecular weight excluding hydrogens is 1840 g/mol. The number of halogens is 5. The van der Waals surface area contributed by atoms with Crippen LogP contribution in [0.15, 0.2) is 81.7 Å². The molecule has 12 atom stereocenters. The molecule has 3 saturated carbocycles. The Balaban J connectivity index is 0.000000152. The molecule has 13 heterocycles. The van der Waals surface area contributed by atoms with Gasteiger partial charge in [-0.25, -0.2) is 8.78 Å². The fourth-order valence-corrected chi connectivity index (χ4v) is 19.2. The minimum Gasteiger partial charge on any atom is -0.392 e. The molecule has 7 saturated heterocycles. The maximum Gasteiger partial charge on any atom is 0.436 e. The van der Waals surface area contributed by atoms with E-state index in [-0.39, 0.29) is 125 Å². The number of likely N-dealkylation sites (tertiary alicyclic amines) is 6. The number of alkyl halides is 3. The Morgan fingerprint density at radius 1 is 0.355 bits per heavy atom. The van der Waals surface area contributed by atoms with E-state index >= 15 is 0 Å². The number of rotatable bonds is 20.